The van der Waals surface area contributed by atoms with Gasteiger partial charge in [0.15, 0.2) is 0 Å². The fourth-order valence-corrected chi connectivity index (χ4v) is 3.27. The van der Waals surface area contributed by atoms with E-state index in [1.807, 2.05) is 18.2 Å². The molecule has 2 nitrogen and oxygen atoms in total. The van der Waals surface area contributed by atoms with Crippen LogP contribution in [0.1, 0.15) is 47.6 Å². The maximum Gasteiger partial charge on any atom is 0.221 e. The molecule has 1 N–H and O–H groups in total. The molecule has 0 radical (unpaired) electrons. The summed E-state index contributed by atoms with van der Waals surface area (Å²) in [6.07, 6.45) is 7.11. The number of allylic oxidation sites excluding steroid dienone is 2. The quantitative estimate of drug-likeness (QED) is 0.783. The molecule has 1 amide bonds. The van der Waals surface area contributed by atoms with Crippen LogP contribution in [0.3, 0.4) is 0 Å². The molecule has 0 aromatic heterocycles. The van der Waals surface area contributed by atoms with E-state index in [0.29, 0.717) is 12.3 Å². The molecule has 2 aromatic carbocycles. The van der Waals surface area contributed by atoms with E-state index in [1.54, 1.807) is 0 Å². The van der Waals surface area contributed by atoms with Crippen LogP contribution in [0.15, 0.2) is 60.7 Å². The van der Waals surface area contributed by atoms with Gasteiger partial charge in [0.25, 0.3) is 0 Å². The zero-order valence-electron chi connectivity index (χ0n) is 14.5. The van der Waals surface area contributed by atoms with Crippen molar-refractivity contribution in [1.82, 2.24) is 5.32 Å². The minimum Gasteiger partial charge on any atom is -0.345 e. The summed E-state index contributed by atoms with van der Waals surface area (Å²) in [5, 5.41) is 3.25. The van der Waals surface area contributed by atoms with Crippen molar-refractivity contribution in [2.45, 2.75) is 39.2 Å². The van der Waals surface area contributed by atoms with E-state index in [0.717, 1.165) is 24.0 Å². The van der Waals surface area contributed by atoms with Crippen LogP contribution in [-0.2, 0) is 4.79 Å². The highest BCUT2D eigenvalue weighted by atomic mass is 16.1. The third-order valence-corrected chi connectivity index (χ3v) is 4.86. The summed E-state index contributed by atoms with van der Waals surface area (Å²) in [5.74, 6) is 0.514. The predicted octanol–water partition coefficient (Wildman–Crippen LogP) is 4.87. The molecular formula is C22H25NO. The lowest BCUT2D eigenvalue weighted by atomic mass is 9.95. The van der Waals surface area contributed by atoms with Gasteiger partial charge in [0.2, 0.25) is 5.91 Å². The summed E-state index contributed by atoms with van der Waals surface area (Å²) in [4.78, 5) is 12.6. The smallest absolute Gasteiger partial charge is 0.221 e. The first-order valence-electron chi connectivity index (χ1n) is 8.71. The molecule has 124 valence electrons. The third-order valence-electron chi connectivity index (χ3n) is 4.86. The average Bonchev–Trinajstić information content (AvgIpc) is 3.09. The Bertz CT molecular complexity index is 733. The molecule has 0 unspecified atom stereocenters. The van der Waals surface area contributed by atoms with Gasteiger partial charge in [0.05, 0.1) is 6.04 Å². The van der Waals surface area contributed by atoms with Crippen LogP contribution in [0, 0.1) is 19.8 Å². The maximum atomic E-state index is 12.6. The molecular weight excluding hydrogens is 294 g/mol. The van der Waals surface area contributed by atoms with Crippen molar-refractivity contribution in [1.29, 1.82) is 0 Å². The first-order chi connectivity index (χ1) is 11.6. The number of hydrogen-bond donors (Lipinski definition) is 1. The Morgan fingerprint density at radius 2 is 1.88 bits per heavy atom. The van der Waals surface area contributed by atoms with Gasteiger partial charge in [-0.05, 0) is 54.9 Å². The summed E-state index contributed by atoms with van der Waals surface area (Å²) >= 11 is 0. The largest absolute Gasteiger partial charge is 0.345 e. The van der Waals surface area contributed by atoms with Crippen molar-refractivity contribution in [2.75, 3.05) is 0 Å². The van der Waals surface area contributed by atoms with Gasteiger partial charge in [-0.25, -0.2) is 0 Å². The summed E-state index contributed by atoms with van der Waals surface area (Å²) in [7, 11) is 0. The molecule has 0 bridgehead atoms. The molecule has 2 aromatic rings. The Hall–Kier alpha value is -2.35. The molecule has 2 atom stereocenters. The van der Waals surface area contributed by atoms with Crippen LogP contribution < -0.4 is 5.32 Å². The minimum absolute atomic E-state index is 0.0941. The molecule has 0 spiro atoms. The standard InChI is InChI=1S/C22H25NO/c1-16-12-13-20(14-17(16)2)22(19-10-4-3-5-11-19)23-21(24)15-18-8-6-7-9-18/h3-6,8,10-14,18,22H,7,9,15H2,1-2H3,(H,23,24)/t18-,22-/m0/s1. The summed E-state index contributed by atoms with van der Waals surface area (Å²) in [5.41, 5.74) is 4.78. The lowest BCUT2D eigenvalue weighted by Crippen LogP contribution is -2.30. The Labute approximate surface area is 144 Å². The summed E-state index contributed by atoms with van der Waals surface area (Å²) < 4.78 is 0. The lowest BCUT2D eigenvalue weighted by molar-refractivity contribution is -0.122. The number of nitrogens with one attached hydrogen (secondary N) is 1. The molecule has 2 heteroatoms. The van der Waals surface area contributed by atoms with Crippen molar-refractivity contribution in [3.05, 3.63) is 82.9 Å². The Morgan fingerprint density at radius 3 is 2.54 bits per heavy atom. The van der Waals surface area contributed by atoms with Crippen molar-refractivity contribution in [3.63, 3.8) is 0 Å². The van der Waals surface area contributed by atoms with E-state index < -0.39 is 0 Å². The van der Waals surface area contributed by atoms with E-state index in [9.17, 15) is 4.79 Å². The van der Waals surface area contributed by atoms with Crippen LogP contribution >= 0.6 is 0 Å². The first kappa shape index (κ1) is 16.5. The highest BCUT2D eigenvalue weighted by Crippen LogP contribution is 2.26. The second-order valence-electron chi connectivity index (χ2n) is 6.72. The Morgan fingerprint density at radius 1 is 1.08 bits per heavy atom. The summed E-state index contributed by atoms with van der Waals surface area (Å²) in [6.45, 7) is 4.23. The number of rotatable bonds is 5. The number of carbonyl (C=O) groups is 1. The van der Waals surface area contributed by atoms with Gasteiger partial charge in [-0.1, -0.05) is 60.7 Å². The first-order valence-corrected chi connectivity index (χ1v) is 8.71. The fourth-order valence-electron chi connectivity index (χ4n) is 3.27. The zero-order valence-corrected chi connectivity index (χ0v) is 14.5. The number of aryl methyl sites for hydroxylation is 2. The monoisotopic (exact) mass is 319 g/mol. The van der Waals surface area contributed by atoms with E-state index in [4.69, 9.17) is 0 Å². The third kappa shape index (κ3) is 3.94. The Kier molecular flexibility index (Phi) is 5.14. The molecule has 0 saturated heterocycles. The molecule has 1 aliphatic carbocycles. The zero-order chi connectivity index (χ0) is 16.9. The second-order valence-corrected chi connectivity index (χ2v) is 6.72. The number of carbonyl (C=O) groups excluding carboxylic acids is 1. The minimum atomic E-state index is -0.0941. The molecule has 0 heterocycles. The van der Waals surface area contributed by atoms with Gasteiger partial charge < -0.3 is 5.32 Å². The Balaban J connectivity index is 1.83. The van der Waals surface area contributed by atoms with E-state index in [-0.39, 0.29) is 11.9 Å². The number of amides is 1. The maximum absolute atomic E-state index is 12.6. The van der Waals surface area contributed by atoms with Crippen molar-refractivity contribution in [3.8, 4) is 0 Å². The summed E-state index contributed by atoms with van der Waals surface area (Å²) in [6, 6.07) is 16.6. The van der Waals surface area contributed by atoms with Gasteiger partial charge in [0.1, 0.15) is 0 Å². The second kappa shape index (κ2) is 7.48. The molecule has 0 fully saturated rings. The predicted molar refractivity (Wildman–Crippen MR) is 98.8 cm³/mol. The molecule has 1 aliphatic rings. The fraction of sp³-hybridized carbons (Fsp3) is 0.318. The number of benzene rings is 2. The van der Waals surface area contributed by atoms with E-state index in [1.165, 1.54) is 11.1 Å². The van der Waals surface area contributed by atoms with Gasteiger partial charge in [-0.3, -0.25) is 4.79 Å². The van der Waals surface area contributed by atoms with Crippen LogP contribution in [0.4, 0.5) is 0 Å². The van der Waals surface area contributed by atoms with Crippen molar-refractivity contribution in [2.24, 2.45) is 5.92 Å². The van der Waals surface area contributed by atoms with Crippen molar-refractivity contribution >= 4 is 5.91 Å². The van der Waals surface area contributed by atoms with Crippen LogP contribution in [-0.4, -0.2) is 5.91 Å². The lowest BCUT2D eigenvalue weighted by Gasteiger charge is -2.21. The normalized spacial score (nSPS) is 17.7. The molecule has 24 heavy (non-hydrogen) atoms. The van der Waals surface area contributed by atoms with Crippen molar-refractivity contribution < 1.29 is 4.79 Å². The van der Waals surface area contributed by atoms with Crippen LogP contribution in [0.5, 0.6) is 0 Å². The average molecular weight is 319 g/mol. The topological polar surface area (TPSA) is 29.1 Å². The van der Waals surface area contributed by atoms with Crippen LogP contribution in [0.25, 0.3) is 0 Å². The number of hydrogen-bond acceptors (Lipinski definition) is 1. The molecule has 0 saturated carbocycles. The van der Waals surface area contributed by atoms with Gasteiger partial charge in [-0.15, -0.1) is 0 Å². The highest BCUT2D eigenvalue weighted by molar-refractivity contribution is 5.77. The van der Waals surface area contributed by atoms with Crippen LogP contribution in [0.2, 0.25) is 0 Å². The molecule has 0 aliphatic heterocycles. The van der Waals surface area contributed by atoms with Gasteiger partial charge in [0, 0.05) is 6.42 Å². The SMILES string of the molecule is Cc1ccc([C@@H](NC(=O)C[C@H]2C=CCC2)c2ccccc2)cc1C. The highest BCUT2D eigenvalue weighted by Gasteiger charge is 2.20. The van der Waals surface area contributed by atoms with Gasteiger partial charge >= 0.3 is 0 Å². The van der Waals surface area contributed by atoms with E-state index >= 15 is 0 Å². The van der Waals surface area contributed by atoms with Gasteiger partial charge in [-0.2, -0.15) is 0 Å². The molecule has 3 rings (SSSR count). The van der Waals surface area contributed by atoms with E-state index in [2.05, 4.69) is 61.6 Å².